The molecule has 1 unspecified atom stereocenters. The predicted molar refractivity (Wildman–Crippen MR) is 82.2 cm³/mol. The van der Waals surface area contributed by atoms with Crippen LogP contribution < -0.4 is 4.90 Å². The summed E-state index contributed by atoms with van der Waals surface area (Å²) in [5.74, 6) is 0.146. The van der Waals surface area contributed by atoms with Gasteiger partial charge in [-0.25, -0.2) is 0 Å². The fraction of sp³-hybridized carbons (Fsp3) is 0.278. The molecule has 1 heterocycles. The lowest BCUT2D eigenvalue weighted by molar-refractivity contribution is -0.121. The minimum absolute atomic E-state index is 0.146. The van der Waals surface area contributed by atoms with E-state index < -0.39 is 5.41 Å². The molecule has 0 aromatic heterocycles. The van der Waals surface area contributed by atoms with Gasteiger partial charge in [0.15, 0.2) is 0 Å². The molecular weight excluding hydrogens is 246 g/mol. The zero-order valence-corrected chi connectivity index (χ0v) is 12.4. The quantitative estimate of drug-likeness (QED) is 0.771. The standard InChI is InChI=1S/C18H19NO/c1-12-10-13(2)16-15(11-12)18(3,17(20)19(16)4)14-8-6-5-7-9-14/h5-11H,1-4H3. The summed E-state index contributed by atoms with van der Waals surface area (Å²) in [4.78, 5) is 14.7. The molecule has 1 aliphatic rings. The zero-order chi connectivity index (χ0) is 14.5. The molecular formula is C18H19NO. The third-order valence-electron chi connectivity index (χ3n) is 4.40. The number of likely N-dealkylation sites (N-methyl/N-ethyl adjacent to an activating group) is 1. The van der Waals surface area contributed by atoms with Crippen molar-refractivity contribution in [3.8, 4) is 0 Å². The Hall–Kier alpha value is -2.09. The zero-order valence-electron chi connectivity index (χ0n) is 12.4. The monoisotopic (exact) mass is 265 g/mol. The predicted octanol–water partition coefficient (Wildman–Crippen LogP) is 3.59. The second-order valence-corrected chi connectivity index (χ2v) is 5.83. The smallest absolute Gasteiger partial charge is 0.241 e. The van der Waals surface area contributed by atoms with Crippen molar-refractivity contribution in [1.82, 2.24) is 0 Å². The number of rotatable bonds is 1. The first-order valence-corrected chi connectivity index (χ1v) is 6.91. The van der Waals surface area contributed by atoms with Crippen molar-refractivity contribution in [2.75, 3.05) is 11.9 Å². The maximum atomic E-state index is 12.9. The van der Waals surface area contributed by atoms with Gasteiger partial charge >= 0.3 is 0 Å². The lowest BCUT2D eigenvalue weighted by atomic mass is 9.76. The van der Waals surface area contributed by atoms with Crippen LogP contribution in [0.2, 0.25) is 0 Å². The highest BCUT2D eigenvalue weighted by atomic mass is 16.2. The molecule has 0 radical (unpaired) electrons. The van der Waals surface area contributed by atoms with E-state index in [-0.39, 0.29) is 5.91 Å². The Morgan fingerprint density at radius 3 is 2.35 bits per heavy atom. The normalized spacial score (nSPS) is 21.2. The van der Waals surface area contributed by atoms with Crippen molar-refractivity contribution in [2.45, 2.75) is 26.2 Å². The number of fused-ring (bicyclic) bond motifs is 1. The molecule has 1 amide bonds. The van der Waals surface area contributed by atoms with E-state index in [4.69, 9.17) is 0 Å². The third kappa shape index (κ3) is 1.54. The topological polar surface area (TPSA) is 20.3 Å². The number of carbonyl (C=O) groups is 1. The fourth-order valence-corrected chi connectivity index (χ4v) is 3.39. The summed E-state index contributed by atoms with van der Waals surface area (Å²) >= 11 is 0. The van der Waals surface area contributed by atoms with Crippen molar-refractivity contribution in [3.63, 3.8) is 0 Å². The van der Waals surface area contributed by atoms with Crippen LogP contribution >= 0.6 is 0 Å². The third-order valence-corrected chi connectivity index (χ3v) is 4.40. The van der Waals surface area contributed by atoms with Crippen LogP contribution in [0.1, 0.15) is 29.2 Å². The number of nitrogens with zero attached hydrogens (tertiary/aromatic N) is 1. The fourth-order valence-electron chi connectivity index (χ4n) is 3.39. The molecule has 0 fully saturated rings. The van der Waals surface area contributed by atoms with Crippen LogP contribution in [0.15, 0.2) is 42.5 Å². The molecule has 3 rings (SSSR count). The van der Waals surface area contributed by atoms with Crippen LogP contribution in [0, 0.1) is 13.8 Å². The van der Waals surface area contributed by atoms with Gasteiger partial charge in [-0.2, -0.15) is 0 Å². The first-order chi connectivity index (χ1) is 9.46. The van der Waals surface area contributed by atoms with Gasteiger partial charge in [0.1, 0.15) is 0 Å². The van der Waals surface area contributed by atoms with Gasteiger partial charge in [0.05, 0.1) is 11.1 Å². The molecule has 2 aromatic carbocycles. The van der Waals surface area contributed by atoms with Crippen molar-refractivity contribution < 1.29 is 4.79 Å². The number of anilines is 1. The van der Waals surface area contributed by atoms with Crippen LogP contribution in [0.5, 0.6) is 0 Å². The number of carbonyl (C=O) groups excluding carboxylic acids is 1. The van der Waals surface area contributed by atoms with Gasteiger partial charge in [0.25, 0.3) is 0 Å². The average molecular weight is 265 g/mol. The summed E-state index contributed by atoms with van der Waals surface area (Å²) in [7, 11) is 1.87. The SMILES string of the molecule is Cc1cc(C)c2c(c1)C(C)(c1ccccc1)C(=O)N2C. The minimum Gasteiger partial charge on any atom is -0.314 e. The first-order valence-electron chi connectivity index (χ1n) is 6.91. The number of hydrogen-bond donors (Lipinski definition) is 0. The molecule has 2 heteroatoms. The highest BCUT2D eigenvalue weighted by Gasteiger charge is 2.47. The number of aryl methyl sites for hydroxylation is 2. The molecule has 1 aliphatic heterocycles. The van der Waals surface area contributed by atoms with E-state index in [0.29, 0.717) is 0 Å². The lowest BCUT2D eigenvalue weighted by Gasteiger charge is -2.24. The molecule has 0 aliphatic carbocycles. The summed E-state index contributed by atoms with van der Waals surface area (Å²) in [6.07, 6.45) is 0. The van der Waals surface area contributed by atoms with E-state index in [1.54, 1.807) is 4.90 Å². The second kappa shape index (κ2) is 4.20. The Labute approximate surface area is 120 Å². The Kier molecular flexibility index (Phi) is 2.72. The molecule has 0 spiro atoms. The van der Waals surface area contributed by atoms with Gasteiger partial charge in [-0.1, -0.05) is 48.0 Å². The van der Waals surface area contributed by atoms with Crippen LogP contribution in [0.4, 0.5) is 5.69 Å². The van der Waals surface area contributed by atoms with Gasteiger partial charge < -0.3 is 4.90 Å². The Bertz CT molecular complexity index is 690. The molecule has 0 saturated heterocycles. The molecule has 0 N–H and O–H groups in total. The summed E-state index contributed by atoms with van der Waals surface area (Å²) in [5, 5.41) is 0. The molecule has 20 heavy (non-hydrogen) atoms. The van der Waals surface area contributed by atoms with E-state index in [2.05, 4.69) is 26.0 Å². The van der Waals surface area contributed by atoms with Crippen molar-refractivity contribution >= 4 is 11.6 Å². The van der Waals surface area contributed by atoms with E-state index in [0.717, 1.165) is 22.4 Å². The number of benzene rings is 2. The Morgan fingerprint density at radius 1 is 1.05 bits per heavy atom. The number of amides is 1. The second-order valence-electron chi connectivity index (χ2n) is 5.83. The molecule has 0 saturated carbocycles. The Balaban J connectivity index is 2.33. The van der Waals surface area contributed by atoms with Crippen molar-refractivity contribution in [3.05, 3.63) is 64.7 Å². The van der Waals surface area contributed by atoms with E-state index >= 15 is 0 Å². The van der Waals surface area contributed by atoms with Gasteiger partial charge in [-0.05, 0) is 37.5 Å². The highest BCUT2D eigenvalue weighted by molar-refractivity contribution is 6.10. The maximum Gasteiger partial charge on any atom is 0.241 e. The van der Waals surface area contributed by atoms with Crippen LogP contribution in [-0.4, -0.2) is 13.0 Å². The lowest BCUT2D eigenvalue weighted by Crippen LogP contribution is -2.37. The highest BCUT2D eigenvalue weighted by Crippen LogP contribution is 2.47. The van der Waals surface area contributed by atoms with E-state index in [9.17, 15) is 4.79 Å². The molecule has 0 bridgehead atoms. The van der Waals surface area contributed by atoms with Gasteiger partial charge in [0, 0.05) is 7.05 Å². The van der Waals surface area contributed by atoms with Crippen molar-refractivity contribution in [2.24, 2.45) is 0 Å². The van der Waals surface area contributed by atoms with Gasteiger partial charge in [0.2, 0.25) is 5.91 Å². The maximum absolute atomic E-state index is 12.9. The number of hydrogen-bond acceptors (Lipinski definition) is 1. The average Bonchev–Trinajstić information content (AvgIpc) is 2.63. The van der Waals surface area contributed by atoms with E-state index in [1.165, 1.54) is 5.56 Å². The first kappa shape index (κ1) is 12.9. The summed E-state index contributed by atoms with van der Waals surface area (Å²) in [6, 6.07) is 14.3. The van der Waals surface area contributed by atoms with Crippen LogP contribution in [-0.2, 0) is 10.2 Å². The molecule has 2 aromatic rings. The molecule has 1 atom stereocenters. The van der Waals surface area contributed by atoms with Crippen LogP contribution in [0.3, 0.4) is 0 Å². The van der Waals surface area contributed by atoms with Gasteiger partial charge in [-0.15, -0.1) is 0 Å². The summed E-state index contributed by atoms with van der Waals surface area (Å²) in [6.45, 7) is 6.19. The van der Waals surface area contributed by atoms with Crippen molar-refractivity contribution in [1.29, 1.82) is 0 Å². The van der Waals surface area contributed by atoms with Gasteiger partial charge in [-0.3, -0.25) is 4.79 Å². The Morgan fingerprint density at radius 2 is 1.70 bits per heavy atom. The van der Waals surface area contributed by atoms with Crippen LogP contribution in [0.25, 0.3) is 0 Å². The summed E-state index contributed by atoms with van der Waals surface area (Å²) in [5.41, 5.74) is 5.02. The molecule has 2 nitrogen and oxygen atoms in total. The van der Waals surface area contributed by atoms with E-state index in [1.807, 2.05) is 44.3 Å². The summed E-state index contributed by atoms with van der Waals surface area (Å²) < 4.78 is 0. The minimum atomic E-state index is -0.581. The molecule has 102 valence electrons. The largest absolute Gasteiger partial charge is 0.314 e.